The zero-order valence-electron chi connectivity index (χ0n) is 13.2. The number of aryl methyl sites for hydroxylation is 1. The Morgan fingerprint density at radius 3 is 2.35 bits per heavy atom. The van der Waals surface area contributed by atoms with E-state index < -0.39 is 0 Å². The average Bonchev–Trinajstić information content (AvgIpc) is 2.79. The average molecular weight is 293 g/mol. The van der Waals surface area contributed by atoms with Gasteiger partial charge in [0.1, 0.15) is 0 Å². The molecule has 0 saturated carbocycles. The highest BCUT2D eigenvalue weighted by atomic mass is 32.1. The minimum absolute atomic E-state index is 0.256. The molecule has 1 aliphatic carbocycles. The highest BCUT2D eigenvalue weighted by molar-refractivity contribution is 7.10. The highest BCUT2D eigenvalue weighted by Crippen LogP contribution is 2.31. The predicted molar refractivity (Wildman–Crippen MR) is 86.5 cm³/mol. The Morgan fingerprint density at radius 1 is 1.15 bits per heavy atom. The third-order valence-corrected chi connectivity index (χ3v) is 4.84. The van der Waals surface area contributed by atoms with Crippen molar-refractivity contribution in [3.05, 3.63) is 21.4 Å². The molecule has 0 N–H and O–H groups in total. The van der Waals surface area contributed by atoms with Gasteiger partial charge in [-0.3, -0.25) is 4.79 Å². The quantitative estimate of drug-likeness (QED) is 0.789. The largest absolute Gasteiger partial charge is 0.338 e. The maximum atomic E-state index is 12.9. The third-order valence-electron chi connectivity index (χ3n) is 3.75. The molecule has 1 amide bonds. The molecule has 0 unspecified atom stereocenters. The Morgan fingerprint density at radius 2 is 1.75 bits per heavy atom. The maximum absolute atomic E-state index is 12.9. The summed E-state index contributed by atoms with van der Waals surface area (Å²) >= 11 is 1.79. The van der Waals surface area contributed by atoms with Crippen LogP contribution in [0.5, 0.6) is 0 Å². The number of hydrogen-bond donors (Lipinski definition) is 0. The standard InChI is InChI=1S/C17H27NOS/c1-12(2)9-18(10-13(3)4)17(19)15-11-20-16-8-6-5-7-14(15)16/h11-13H,5-10H2,1-4H3. The van der Waals surface area contributed by atoms with Crippen LogP contribution in [-0.2, 0) is 12.8 Å². The Kier molecular flexibility index (Phi) is 5.25. The molecule has 1 aliphatic rings. The Balaban J connectivity index is 2.20. The van der Waals surface area contributed by atoms with E-state index in [1.54, 1.807) is 11.3 Å². The van der Waals surface area contributed by atoms with Gasteiger partial charge in [-0.15, -0.1) is 11.3 Å². The van der Waals surface area contributed by atoms with E-state index in [2.05, 4.69) is 38.0 Å². The summed E-state index contributed by atoms with van der Waals surface area (Å²) in [6.45, 7) is 10.5. The maximum Gasteiger partial charge on any atom is 0.255 e. The fourth-order valence-corrected chi connectivity index (χ4v) is 4.09. The van der Waals surface area contributed by atoms with Crippen molar-refractivity contribution in [2.45, 2.75) is 53.4 Å². The van der Waals surface area contributed by atoms with Crippen LogP contribution in [0, 0.1) is 11.8 Å². The van der Waals surface area contributed by atoms with Crippen LogP contribution < -0.4 is 0 Å². The van der Waals surface area contributed by atoms with Crippen molar-refractivity contribution in [3.8, 4) is 0 Å². The molecular formula is C17H27NOS. The van der Waals surface area contributed by atoms with Crippen LogP contribution >= 0.6 is 11.3 Å². The van der Waals surface area contributed by atoms with Gasteiger partial charge < -0.3 is 4.90 Å². The zero-order chi connectivity index (χ0) is 14.7. The van der Waals surface area contributed by atoms with E-state index in [4.69, 9.17) is 0 Å². The van der Waals surface area contributed by atoms with Crippen LogP contribution in [0.25, 0.3) is 0 Å². The van der Waals surface area contributed by atoms with Gasteiger partial charge in [0.05, 0.1) is 5.56 Å². The molecule has 0 aromatic carbocycles. The van der Waals surface area contributed by atoms with Crippen molar-refractivity contribution in [2.24, 2.45) is 11.8 Å². The van der Waals surface area contributed by atoms with Crippen LogP contribution in [0.1, 0.15) is 61.3 Å². The highest BCUT2D eigenvalue weighted by Gasteiger charge is 2.24. The minimum atomic E-state index is 0.256. The molecule has 1 aromatic heterocycles. The smallest absolute Gasteiger partial charge is 0.255 e. The molecule has 0 spiro atoms. The van der Waals surface area contributed by atoms with Gasteiger partial charge in [0, 0.05) is 23.3 Å². The van der Waals surface area contributed by atoms with Crippen LogP contribution in [0.3, 0.4) is 0 Å². The summed E-state index contributed by atoms with van der Waals surface area (Å²) in [5.74, 6) is 1.30. The van der Waals surface area contributed by atoms with Gasteiger partial charge in [-0.1, -0.05) is 27.7 Å². The van der Waals surface area contributed by atoms with Gasteiger partial charge in [0.25, 0.3) is 5.91 Å². The van der Waals surface area contributed by atoms with E-state index in [1.807, 2.05) is 0 Å². The number of nitrogens with zero attached hydrogens (tertiary/aromatic N) is 1. The van der Waals surface area contributed by atoms with Crippen LogP contribution in [-0.4, -0.2) is 23.9 Å². The summed E-state index contributed by atoms with van der Waals surface area (Å²) in [5.41, 5.74) is 2.34. The van der Waals surface area contributed by atoms with Crippen molar-refractivity contribution in [3.63, 3.8) is 0 Å². The third kappa shape index (κ3) is 3.63. The summed E-state index contributed by atoms with van der Waals surface area (Å²) in [5, 5.41) is 2.10. The van der Waals surface area contributed by atoms with Crippen molar-refractivity contribution in [2.75, 3.05) is 13.1 Å². The second kappa shape index (κ2) is 6.75. The van der Waals surface area contributed by atoms with E-state index >= 15 is 0 Å². The lowest BCUT2D eigenvalue weighted by Crippen LogP contribution is -2.37. The summed E-state index contributed by atoms with van der Waals surface area (Å²) in [7, 11) is 0. The fraction of sp³-hybridized carbons (Fsp3) is 0.706. The zero-order valence-corrected chi connectivity index (χ0v) is 14.1. The van der Waals surface area contributed by atoms with Crippen molar-refractivity contribution >= 4 is 17.2 Å². The molecule has 1 heterocycles. The molecule has 0 bridgehead atoms. The molecule has 0 saturated heterocycles. The van der Waals surface area contributed by atoms with Gasteiger partial charge >= 0.3 is 0 Å². The van der Waals surface area contributed by atoms with Gasteiger partial charge in [-0.25, -0.2) is 0 Å². The number of thiophene rings is 1. The molecule has 0 fully saturated rings. The number of hydrogen-bond acceptors (Lipinski definition) is 2. The number of carbonyl (C=O) groups excluding carboxylic acids is 1. The van der Waals surface area contributed by atoms with Crippen molar-refractivity contribution in [1.29, 1.82) is 0 Å². The van der Waals surface area contributed by atoms with E-state index in [0.29, 0.717) is 11.8 Å². The Labute approximate surface area is 127 Å². The molecule has 20 heavy (non-hydrogen) atoms. The molecular weight excluding hydrogens is 266 g/mol. The molecule has 0 aliphatic heterocycles. The molecule has 1 aromatic rings. The topological polar surface area (TPSA) is 20.3 Å². The first-order valence-electron chi connectivity index (χ1n) is 7.87. The van der Waals surface area contributed by atoms with Crippen molar-refractivity contribution < 1.29 is 4.79 Å². The lowest BCUT2D eigenvalue weighted by Gasteiger charge is -2.27. The van der Waals surface area contributed by atoms with E-state index in [-0.39, 0.29) is 5.91 Å². The van der Waals surface area contributed by atoms with E-state index in [9.17, 15) is 4.79 Å². The molecule has 3 heteroatoms. The van der Waals surface area contributed by atoms with Gasteiger partial charge in [-0.05, 0) is 43.1 Å². The molecule has 112 valence electrons. The second-order valence-corrected chi connectivity index (χ2v) is 7.72. The van der Waals surface area contributed by atoms with Crippen molar-refractivity contribution in [1.82, 2.24) is 4.90 Å². The number of fused-ring (bicyclic) bond motifs is 1. The van der Waals surface area contributed by atoms with Gasteiger partial charge in [-0.2, -0.15) is 0 Å². The normalized spacial score (nSPS) is 14.7. The SMILES string of the molecule is CC(C)CN(CC(C)C)C(=O)c1csc2c1CCCC2. The lowest BCUT2D eigenvalue weighted by atomic mass is 9.95. The second-order valence-electron chi connectivity index (χ2n) is 6.76. The lowest BCUT2D eigenvalue weighted by molar-refractivity contribution is 0.0714. The van der Waals surface area contributed by atoms with Crippen LogP contribution in [0.4, 0.5) is 0 Å². The predicted octanol–water partition coefficient (Wildman–Crippen LogP) is 4.38. The summed E-state index contributed by atoms with van der Waals surface area (Å²) < 4.78 is 0. The molecule has 2 rings (SSSR count). The molecule has 2 nitrogen and oxygen atoms in total. The van der Waals surface area contributed by atoms with Crippen LogP contribution in [0.15, 0.2) is 5.38 Å². The summed E-state index contributed by atoms with van der Waals surface area (Å²) in [6.07, 6.45) is 4.78. The first kappa shape index (κ1) is 15.6. The fourth-order valence-electron chi connectivity index (χ4n) is 2.97. The first-order valence-corrected chi connectivity index (χ1v) is 8.75. The first-order chi connectivity index (χ1) is 9.49. The van der Waals surface area contributed by atoms with E-state index in [1.165, 1.54) is 29.7 Å². The minimum Gasteiger partial charge on any atom is -0.338 e. The van der Waals surface area contributed by atoms with E-state index in [0.717, 1.165) is 25.1 Å². The van der Waals surface area contributed by atoms with Crippen LogP contribution in [0.2, 0.25) is 0 Å². The number of carbonyl (C=O) groups is 1. The molecule has 0 atom stereocenters. The summed E-state index contributed by atoms with van der Waals surface area (Å²) in [4.78, 5) is 16.4. The van der Waals surface area contributed by atoms with Gasteiger partial charge in [0.15, 0.2) is 0 Å². The Hall–Kier alpha value is -0.830. The summed E-state index contributed by atoms with van der Waals surface area (Å²) in [6, 6.07) is 0. The number of amides is 1. The number of rotatable bonds is 5. The monoisotopic (exact) mass is 293 g/mol. The Bertz CT molecular complexity index is 452. The van der Waals surface area contributed by atoms with Gasteiger partial charge in [0.2, 0.25) is 0 Å². The molecule has 0 radical (unpaired) electrons.